The molecule has 2 N–H and O–H groups in total. The predicted octanol–water partition coefficient (Wildman–Crippen LogP) is 2.17. The van der Waals surface area contributed by atoms with Crippen molar-refractivity contribution in [3.8, 4) is 6.07 Å². The van der Waals surface area contributed by atoms with Crippen molar-refractivity contribution in [3.05, 3.63) is 28.6 Å². The van der Waals surface area contributed by atoms with Gasteiger partial charge >= 0.3 is 0 Å². The fourth-order valence-corrected chi connectivity index (χ4v) is 2.21. The summed E-state index contributed by atoms with van der Waals surface area (Å²) < 4.78 is 0.935. The second-order valence-corrected chi connectivity index (χ2v) is 3.77. The van der Waals surface area contributed by atoms with Gasteiger partial charge < -0.3 is 5.73 Å². The Morgan fingerprint density at radius 2 is 2.29 bits per heavy atom. The van der Waals surface area contributed by atoms with Gasteiger partial charge in [0.05, 0.1) is 5.56 Å². The van der Waals surface area contributed by atoms with E-state index in [-0.39, 0.29) is 0 Å². The van der Waals surface area contributed by atoms with Crippen molar-refractivity contribution < 1.29 is 4.79 Å². The number of aldehydes is 1. The number of hydrogen-bond acceptors (Lipinski definition) is 4. The van der Waals surface area contributed by atoms with Crippen LogP contribution in [0.5, 0.6) is 0 Å². The van der Waals surface area contributed by atoms with Crippen molar-refractivity contribution in [2.75, 3.05) is 5.73 Å². The van der Waals surface area contributed by atoms with E-state index in [9.17, 15) is 4.79 Å². The van der Waals surface area contributed by atoms with Crippen molar-refractivity contribution >= 4 is 33.4 Å². The van der Waals surface area contributed by atoms with Crippen LogP contribution in [0.1, 0.15) is 15.9 Å². The molecule has 2 aromatic rings. The third-order valence-electron chi connectivity index (χ3n) is 2.03. The van der Waals surface area contributed by atoms with E-state index in [1.807, 2.05) is 0 Å². The molecule has 1 aromatic heterocycles. The summed E-state index contributed by atoms with van der Waals surface area (Å²) in [5.74, 6) is 0. The normalized spacial score (nSPS) is 9.93. The summed E-state index contributed by atoms with van der Waals surface area (Å²) in [5.41, 5.74) is 7.13. The highest BCUT2D eigenvalue weighted by Gasteiger charge is 2.06. The van der Waals surface area contributed by atoms with E-state index in [2.05, 4.69) is 6.07 Å². The zero-order valence-corrected chi connectivity index (χ0v) is 7.97. The van der Waals surface area contributed by atoms with Gasteiger partial charge in [-0.2, -0.15) is 5.26 Å². The minimum absolute atomic E-state index is 0.437. The molecule has 1 heterocycles. The monoisotopic (exact) mass is 202 g/mol. The van der Waals surface area contributed by atoms with E-state index >= 15 is 0 Å². The van der Waals surface area contributed by atoms with Crippen LogP contribution in [0.15, 0.2) is 17.5 Å². The van der Waals surface area contributed by atoms with Gasteiger partial charge in [0.25, 0.3) is 0 Å². The van der Waals surface area contributed by atoms with Gasteiger partial charge in [-0.05, 0) is 12.1 Å². The number of nitriles is 1. The lowest BCUT2D eigenvalue weighted by Gasteiger charge is -1.98. The number of anilines is 1. The predicted molar refractivity (Wildman–Crippen MR) is 56.3 cm³/mol. The van der Waals surface area contributed by atoms with Crippen molar-refractivity contribution in [1.82, 2.24) is 0 Å². The highest BCUT2D eigenvalue weighted by atomic mass is 32.1. The van der Waals surface area contributed by atoms with Crippen molar-refractivity contribution in [3.63, 3.8) is 0 Å². The number of nitrogen functional groups attached to an aromatic ring is 1. The van der Waals surface area contributed by atoms with Crippen LogP contribution in [0.4, 0.5) is 5.69 Å². The topological polar surface area (TPSA) is 66.9 Å². The van der Waals surface area contributed by atoms with Crippen molar-refractivity contribution in [2.24, 2.45) is 0 Å². The van der Waals surface area contributed by atoms with E-state index < -0.39 is 0 Å². The molecule has 2 rings (SSSR count). The second-order valence-electron chi connectivity index (χ2n) is 2.86. The molecule has 0 saturated heterocycles. The second kappa shape index (κ2) is 3.13. The molecule has 0 saturated carbocycles. The number of thiophene rings is 1. The number of rotatable bonds is 1. The number of nitrogens with zero attached hydrogens (tertiary/aromatic N) is 1. The fourth-order valence-electron chi connectivity index (χ4n) is 1.29. The molecule has 0 fully saturated rings. The van der Waals surface area contributed by atoms with E-state index in [0.717, 1.165) is 10.1 Å². The van der Waals surface area contributed by atoms with Gasteiger partial charge in [0, 0.05) is 26.7 Å². The molecule has 0 aliphatic heterocycles. The lowest BCUT2D eigenvalue weighted by Crippen LogP contribution is -1.91. The smallest absolute Gasteiger partial charge is 0.152 e. The van der Waals surface area contributed by atoms with E-state index in [1.165, 1.54) is 11.3 Å². The third kappa shape index (κ3) is 1.15. The lowest BCUT2D eigenvalue weighted by atomic mass is 10.1. The molecule has 0 unspecified atom stereocenters. The molecule has 0 aliphatic carbocycles. The highest BCUT2D eigenvalue weighted by Crippen LogP contribution is 2.29. The number of hydrogen-bond donors (Lipinski definition) is 1. The Kier molecular flexibility index (Phi) is 1.95. The lowest BCUT2D eigenvalue weighted by molar-refractivity contribution is 0.112. The first-order valence-corrected chi connectivity index (χ1v) is 4.80. The number of fused-ring (bicyclic) bond motifs is 1. The molecule has 3 nitrogen and oxygen atoms in total. The van der Waals surface area contributed by atoms with E-state index in [0.29, 0.717) is 23.1 Å². The molecule has 0 aliphatic rings. The summed E-state index contributed by atoms with van der Waals surface area (Å²) in [6.45, 7) is 0. The maximum Gasteiger partial charge on any atom is 0.152 e. The minimum Gasteiger partial charge on any atom is -0.398 e. The van der Waals surface area contributed by atoms with Crippen LogP contribution in [0.3, 0.4) is 0 Å². The minimum atomic E-state index is 0.437. The fraction of sp³-hybridized carbons (Fsp3) is 0. The van der Waals surface area contributed by atoms with E-state index in [1.54, 1.807) is 17.5 Å². The third-order valence-corrected chi connectivity index (χ3v) is 2.97. The Morgan fingerprint density at radius 1 is 1.50 bits per heavy atom. The Hall–Kier alpha value is -1.86. The Morgan fingerprint density at radius 3 is 2.93 bits per heavy atom. The van der Waals surface area contributed by atoms with Crippen LogP contribution in [-0.2, 0) is 0 Å². The van der Waals surface area contributed by atoms with E-state index in [4.69, 9.17) is 11.0 Å². The largest absolute Gasteiger partial charge is 0.398 e. The molecular weight excluding hydrogens is 196 g/mol. The molecule has 0 spiro atoms. The first-order valence-electron chi connectivity index (χ1n) is 3.92. The van der Waals surface area contributed by atoms with Crippen LogP contribution in [0.2, 0.25) is 0 Å². The van der Waals surface area contributed by atoms with Crippen LogP contribution in [0.25, 0.3) is 10.1 Å². The molecule has 14 heavy (non-hydrogen) atoms. The summed E-state index contributed by atoms with van der Waals surface area (Å²) in [5, 5.41) is 11.4. The molecule has 68 valence electrons. The molecule has 0 amide bonds. The average Bonchev–Trinajstić information content (AvgIpc) is 2.58. The SMILES string of the molecule is N#Cc1csc2cc(N)c(C=O)cc12. The van der Waals surface area contributed by atoms with Gasteiger partial charge in [-0.3, -0.25) is 4.79 Å². The summed E-state index contributed by atoms with van der Waals surface area (Å²) in [6, 6.07) is 5.46. The van der Waals surface area contributed by atoms with Crippen molar-refractivity contribution in [2.45, 2.75) is 0 Å². The molecule has 0 bridgehead atoms. The van der Waals surface area contributed by atoms with Gasteiger partial charge in [-0.25, -0.2) is 0 Å². The zero-order valence-electron chi connectivity index (χ0n) is 7.15. The first kappa shape index (κ1) is 8.73. The maximum absolute atomic E-state index is 10.6. The Bertz CT molecular complexity index is 551. The average molecular weight is 202 g/mol. The standard InChI is InChI=1S/C10H6N2OS/c11-3-7-5-14-10-2-9(12)6(4-13)1-8(7)10/h1-2,4-5H,12H2. The van der Waals surface area contributed by atoms with Crippen molar-refractivity contribution in [1.29, 1.82) is 5.26 Å². The Balaban J connectivity index is 2.85. The van der Waals surface area contributed by atoms with Gasteiger partial charge in [0.1, 0.15) is 6.07 Å². The maximum atomic E-state index is 10.6. The first-order chi connectivity index (χ1) is 6.76. The quantitative estimate of drug-likeness (QED) is 0.569. The Labute approximate surface area is 84.4 Å². The van der Waals surface area contributed by atoms with Crippen LogP contribution in [0, 0.1) is 11.3 Å². The van der Waals surface area contributed by atoms with Crippen LogP contribution >= 0.6 is 11.3 Å². The van der Waals surface area contributed by atoms with Gasteiger partial charge in [0.15, 0.2) is 6.29 Å². The summed E-state index contributed by atoms with van der Waals surface area (Å²) in [6.07, 6.45) is 0.702. The van der Waals surface area contributed by atoms with Gasteiger partial charge in [0.2, 0.25) is 0 Å². The molecule has 0 atom stereocenters. The number of carbonyl (C=O) groups excluding carboxylic acids is 1. The number of benzene rings is 1. The molecular formula is C10H6N2OS. The van der Waals surface area contributed by atoms with Gasteiger partial charge in [-0.15, -0.1) is 11.3 Å². The summed E-state index contributed by atoms with van der Waals surface area (Å²) in [4.78, 5) is 10.6. The highest BCUT2D eigenvalue weighted by molar-refractivity contribution is 7.17. The molecule has 0 radical (unpaired) electrons. The molecule has 1 aromatic carbocycles. The number of carbonyl (C=O) groups is 1. The zero-order chi connectivity index (χ0) is 10.1. The van der Waals surface area contributed by atoms with Gasteiger partial charge in [-0.1, -0.05) is 0 Å². The number of nitrogens with two attached hydrogens (primary N) is 1. The van der Waals surface area contributed by atoms with Crippen LogP contribution < -0.4 is 5.73 Å². The van der Waals surface area contributed by atoms with Crippen LogP contribution in [-0.4, -0.2) is 6.29 Å². The summed E-state index contributed by atoms with van der Waals surface area (Å²) >= 11 is 1.45. The molecule has 4 heteroatoms. The summed E-state index contributed by atoms with van der Waals surface area (Å²) in [7, 11) is 0.